The fourth-order valence-electron chi connectivity index (χ4n) is 2.17. The van der Waals surface area contributed by atoms with Crippen molar-refractivity contribution in [1.29, 1.82) is 0 Å². The molecule has 1 aromatic rings. The first-order valence-electron chi connectivity index (χ1n) is 5.22. The Kier molecular flexibility index (Phi) is 3.44. The molecule has 1 aromatic carbocycles. The first-order chi connectivity index (χ1) is 7.28. The number of aliphatic hydroxyl groups is 1. The Morgan fingerprint density at radius 2 is 1.93 bits per heavy atom. The molecule has 0 aromatic heterocycles. The van der Waals surface area contributed by atoms with Gasteiger partial charge in [-0.15, -0.1) is 0 Å². The lowest BCUT2D eigenvalue weighted by Crippen LogP contribution is -2.37. The van der Waals surface area contributed by atoms with Crippen molar-refractivity contribution in [2.45, 2.75) is 18.3 Å². The minimum absolute atomic E-state index is 0.113. The topological polar surface area (TPSA) is 29.5 Å². The van der Waals surface area contributed by atoms with Crippen LogP contribution in [0.25, 0.3) is 0 Å². The van der Waals surface area contributed by atoms with Crippen LogP contribution in [0.3, 0.4) is 0 Å². The van der Waals surface area contributed by atoms with Crippen molar-refractivity contribution in [1.82, 2.24) is 0 Å². The molecule has 2 nitrogen and oxygen atoms in total. The molecule has 15 heavy (non-hydrogen) atoms. The predicted octanol–water partition coefficient (Wildman–Crippen LogP) is 2.49. The summed E-state index contributed by atoms with van der Waals surface area (Å²) in [6.45, 7) is 1.67. The van der Waals surface area contributed by atoms with E-state index in [2.05, 4.69) is 22.0 Å². The Bertz CT molecular complexity index is 332. The Morgan fingerprint density at radius 3 is 2.53 bits per heavy atom. The molecule has 1 saturated heterocycles. The van der Waals surface area contributed by atoms with Gasteiger partial charge >= 0.3 is 0 Å². The van der Waals surface area contributed by atoms with Gasteiger partial charge in [-0.1, -0.05) is 34.1 Å². The zero-order valence-corrected chi connectivity index (χ0v) is 10.2. The van der Waals surface area contributed by atoms with Crippen molar-refractivity contribution in [3.05, 3.63) is 34.3 Å². The van der Waals surface area contributed by atoms with Crippen LogP contribution in [0.4, 0.5) is 0 Å². The summed E-state index contributed by atoms with van der Waals surface area (Å²) >= 11 is 3.56. The van der Waals surface area contributed by atoms with Gasteiger partial charge in [0.1, 0.15) is 0 Å². The van der Waals surface area contributed by atoms with Crippen LogP contribution >= 0.6 is 15.9 Å². The van der Waals surface area contributed by atoms with Gasteiger partial charge in [-0.3, -0.25) is 0 Å². The highest BCUT2D eigenvalue weighted by molar-refractivity contribution is 9.10. The van der Waals surface area contributed by atoms with Crippen LogP contribution in [0.15, 0.2) is 28.7 Å². The Hall–Kier alpha value is -0.380. The summed E-state index contributed by atoms with van der Waals surface area (Å²) in [7, 11) is 0. The van der Waals surface area contributed by atoms with E-state index >= 15 is 0 Å². The number of benzene rings is 1. The number of ether oxygens (including phenoxy) is 1. The molecule has 0 saturated carbocycles. The minimum atomic E-state index is -0.113. The molecule has 0 atom stereocenters. The summed E-state index contributed by atoms with van der Waals surface area (Å²) in [6.07, 6.45) is 1.79. The second-order valence-corrected chi connectivity index (χ2v) is 4.88. The molecule has 1 heterocycles. The van der Waals surface area contributed by atoms with E-state index in [1.165, 1.54) is 5.56 Å². The fourth-order valence-corrected chi connectivity index (χ4v) is 2.87. The van der Waals surface area contributed by atoms with E-state index in [4.69, 9.17) is 4.74 Å². The van der Waals surface area contributed by atoms with E-state index in [1.54, 1.807) is 0 Å². The smallest absolute Gasteiger partial charge is 0.0530 e. The third kappa shape index (κ3) is 2.10. The van der Waals surface area contributed by atoms with E-state index in [0.29, 0.717) is 0 Å². The van der Waals surface area contributed by atoms with E-state index in [-0.39, 0.29) is 12.0 Å². The van der Waals surface area contributed by atoms with Gasteiger partial charge in [0, 0.05) is 23.1 Å². The highest BCUT2D eigenvalue weighted by Gasteiger charge is 2.34. The second kappa shape index (κ2) is 4.64. The van der Waals surface area contributed by atoms with Crippen LogP contribution in [0, 0.1) is 0 Å². The van der Waals surface area contributed by atoms with Crippen LogP contribution in [-0.4, -0.2) is 24.9 Å². The van der Waals surface area contributed by atoms with Crippen molar-refractivity contribution in [2.24, 2.45) is 0 Å². The lowest BCUT2D eigenvalue weighted by atomic mass is 9.75. The maximum atomic E-state index is 9.64. The normalized spacial score (nSPS) is 20.1. The third-order valence-electron chi connectivity index (χ3n) is 3.20. The summed E-state index contributed by atoms with van der Waals surface area (Å²) in [4.78, 5) is 0. The maximum Gasteiger partial charge on any atom is 0.0530 e. The van der Waals surface area contributed by atoms with Crippen LogP contribution < -0.4 is 0 Å². The number of hydrogen-bond acceptors (Lipinski definition) is 2. The zero-order valence-electron chi connectivity index (χ0n) is 8.58. The van der Waals surface area contributed by atoms with Gasteiger partial charge in [-0.05, 0) is 24.5 Å². The maximum absolute atomic E-state index is 9.64. The third-order valence-corrected chi connectivity index (χ3v) is 3.89. The zero-order chi connectivity index (χ0) is 10.7. The van der Waals surface area contributed by atoms with Crippen LogP contribution in [0.1, 0.15) is 18.4 Å². The van der Waals surface area contributed by atoms with Gasteiger partial charge < -0.3 is 9.84 Å². The van der Waals surface area contributed by atoms with Crippen LogP contribution in [-0.2, 0) is 10.2 Å². The molecule has 3 heteroatoms. The minimum Gasteiger partial charge on any atom is -0.395 e. The van der Waals surface area contributed by atoms with Gasteiger partial charge in [0.05, 0.1) is 6.61 Å². The lowest BCUT2D eigenvalue weighted by Gasteiger charge is -2.36. The van der Waals surface area contributed by atoms with Gasteiger partial charge in [0.25, 0.3) is 0 Å². The van der Waals surface area contributed by atoms with Gasteiger partial charge in [0.2, 0.25) is 0 Å². The summed E-state index contributed by atoms with van der Waals surface area (Å²) < 4.78 is 6.45. The molecule has 1 aliphatic heterocycles. The molecule has 0 radical (unpaired) electrons. The Balaban J connectivity index is 2.36. The quantitative estimate of drug-likeness (QED) is 0.895. The summed E-state index contributed by atoms with van der Waals surface area (Å²) in [5, 5.41) is 9.64. The van der Waals surface area contributed by atoms with Crippen molar-refractivity contribution in [2.75, 3.05) is 19.8 Å². The first-order valence-corrected chi connectivity index (χ1v) is 6.01. The SMILES string of the molecule is OCC1(c2ccccc2Br)CCOCC1. The number of aliphatic hydroxyl groups excluding tert-OH is 1. The van der Waals surface area contributed by atoms with E-state index in [0.717, 1.165) is 30.5 Å². The van der Waals surface area contributed by atoms with E-state index < -0.39 is 0 Å². The van der Waals surface area contributed by atoms with Gasteiger partial charge in [-0.2, -0.15) is 0 Å². The van der Waals surface area contributed by atoms with E-state index in [1.807, 2.05) is 18.2 Å². The lowest BCUT2D eigenvalue weighted by molar-refractivity contribution is 0.0250. The Morgan fingerprint density at radius 1 is 1.27 bits per heavy atom. The van der Waals surface area contributed by atoms with Gasteiger partial charge in [0.15, 0.2) is 0 Å². The van der Waals surface area contributed by atoms with Crippen molar-refractivity contribution in [3.63, 3.8) is 0 Å². The molecule has 1 N–H and O–H groups in total. The molecule has 82 valence electrons. The number of hydrogen-bond donors (Lipinski definition) is 1. The van der Waals surface area contributed by atoms with Crippen molar-refractivity contribution in [3.8, 4) is 0 Å². The van der Waals surface area contributed by atoms with Crippen molar-refractivity contribution >= 4 is 15.9 Å². The first kappa shape index (κ1) is 11.1. The average molecular weight is 271 g/mol. The Labute approximate surface area is 98.4 Å². The molecule has 0 unspecified atom stereocenters. The highest BCUT2D eigenvalue weighted by atomic mass is 79.9. The summed E-state index contributed by atoms with van der Waals surface area (Å²) in [5.74, 6) is 0. The summed E-state index contributed by atoms with van der Waals surface area (Å²) in [5.41, 5.74) is 1.09. The second-order valence-electron chi connectivity index (χ2n) is 4.03. The number of halogens is 1. The molecule has 1 aliphatic rings. The van der Waals surface area contributed by atoms with Crippen LogP contribution in [0.2, 0.25) is 0 Å². The average Bonchev–Trinajstić information content (AvgIpc) is 2.30. The molecule has 0 amide bonds. The highest BCUT2D eigenvalue weighted by Crippen LogP contribution is 2.38. The molecule has 0 bridgehead atoms. The van der Waals surface area contributed by atoms with Crippen molar-refractivity contribution < 1.29 is 9.84 Å². The summed E-state index contributed by atoms with van der Waals surface area (Å²) in [6, 6.07) is 8.14. The molecular formula is C12H15BrO2. The molecule has 1 fully saturated rings. The molecular weight excluding hydrogens is 256 g/mol. The van der Waals surface area contributed by atoms with E-state index in [9.17, 15) is 5.11 Å². The van der Waals surface area contributed by atoms with Gasteiger partial charge in [-0.25, -0.2) is 0 Å². The predicted molar refractivity (Wildman–Crippen MR) is 63.0 cm³/mol. The van der Waals surface area contributed by atoms with Crippen LogP contribution in [0.5, 0.6) is 0 Å². The molecule has 0 spiro atoms. The fraction of sp³-hybridized carbons (Fsp3) is 0.500. The largest absolute Gasteiger partial charge is 0.395 e. The number of rotatable bonds is 2. The molecule has 2 rings (SSSR count). The monoisotopic (exact) mass is 270 g/mol. The molecule has 0 aliphatic carbocycles. The standard InChI is InChI=1S/C12H15BrO2/c13-11-4-2-1-3-10(11)12(9-14)5-7-15-8-6-12/h1-4,14H,5-9H2.